The average molecular weight is 213 g/mol. The number of halogens is 1. The van der Waals surface area contributed by atoms with Crippen molar-refractivity contribution in [1.82, 2.24) is 0 Å². The Kier molecular flexibility index (Phi) is 3.91. The van der Waals surface area contributed by atoms with Gasteiger partial charge in [-0.25, -0.2) is 4.39 Å². The molecule has 3 N–H and O–H groups in total. The number of aliphatic hydroxyl groups is 1. The van der Waals surface area contributed by atoms with Crippen LogP contribution in [-0.4, -0.2) is 17.8 Å². The van der Waals surface area contributed by atoms with Crippen LogP contribution in [0.4, 0.5) is 10.1 Å². The minimum atomic E-state index is -0.469. The van der Waals surface area contributed by atoms with Crippen molar-refractivity contribution in [2.24, 2.45) is 0 Å². The molecule has 0 bridgehead atoms. The summed E-state index contributed by atoms with van der Waals surface area (Å²) < 4.78 is 18.5. The smallest absolute Gasteiger partial charge is 0.167 e. The van der Waals surface area contributed by atoms with Crippen LogP contribution < -0.4 is 10.5 Å². The molecule has 1 atom stereocenters. The van der Waals surface area contributed by atoms with Gasteiger partial charge in [0.05, 0.1) is 12.7 Å². The number of nitrogen functional groups attached to an aromatic ring is 1. The summed E-state index contributed by atoms with van der Waals surface area (Å²) in [5.41, 5.74) is 6.72. The van der Waals surface area contributed by atoms with Gasteiger partial charge in [0.25, 0.3) is 0 Å². The first kappa shape index (κ1) is 11.8. The lowest BCUT2D eigenvalue weighted by Gasteiger charge is -2.10. The largest absolute Gasteiger partial charge is 0.490 e. The predicted octanol–water partition coefficient (Wildman–Crippen LogP) is 1.87. The molecule has 0 aromatic heterocycles. The van der Waals surface area contributed by atoms with Crippen LogP contribution in [0, 0.1) is 12.7 Å². The van der Waals surface area contributed by atoms with Gasteiger partial charge in [-0.15, -0.1) is 0 Å². The average Bonchev–Trinajstić information content (AvgIpc) is 2.13. The molecule has 0 spiro atoms. The highest BCUT2D eigenvalue weighted by molar-refractivity contribution is 5.50. The fraction of sp³-hybridized carbons (Fsp3) is 0.455. The van der Waals surface area contributed by atoms with Gasteiger partial charge in [0, 0.05) is 18.2 Å². The van der Waals surface area contributed by atoms with Crippen molar-refractivity contribution in [3.05, 3.63) is 23.5 Å². The van der Waals surface area contributed by atoms with Crippen LogP contribution in [-0.2, 0) is 0 Å². The van der Waals surface area contributed by atoms with E-state index in [1.807, 2.05) is 0 Å². The summed E-state index contributed by atoms with van der Waals surface area (Å²) in [6, 6.07) is 2.81. The number of nitrogens with two attached hydrogens (primary N) is 1. The standard InChI is InChI=1S/C11H16FNO2/c1-7-5-11(9(12)6-10(7)13)15-4-3-8(2)14/h5-6,8,14H,3-4,13H2,1-2H3. The van der Waals surface area contributed by atoms with Crippen molar-refractivity contribution in [3.8, 4) is 5.75 Å². The molecular weight excluding hydrogens is 197 g/mol. The zero-order valence-corrected chi connectivity index (χ0v) is 8.96. The van der Waals surface area contributed by atoms with Gasteiger partial charge in [-0.05, 0) is 25.5 Å². The lowest BCUT2D eigenvalue weighted by Crippen LogP contribution is -2.08. The van der Waals surface area contributed by atoms with Gasteiger partial charge in [0.1, 0.15) is 0 Å². The maximum absolute atomic E-state index is 13.3. The molecular formula is C11H16FNO2. The van der Waals surface area contributed by atoms with Crippen LogP contribution in [0.25, 0.3) is 0 Å². The molecule has 0 aliphatic rings. The maximum atomic E-state index is 13.3. The van der Waals surface area contributed by atoms with E-state index in [9.17, 15) is 4.39 Å². The molecule has 1 aromatic rings. The third-order valence-electron chi connectivity index (χ3n) is 2.11. The normalized spacial score (nSPS) is 12.5. The predicted molar refractivity (Wildman–Crippen MR) is 57.3 cm³/mol. The van der Waals surface area contributed by atoms with E-state index in [2.05, 4.69) is 0 Å². The summed E-state index contributed by atoms with van der Waals surface area (Å²) in [6.07, 6.45) is 0.0333. The van der Waals surface area contributed by atoms with Crippen molar-refractivity contribution >= 4 is 5.69 Å². The molecule has 1 rings (SSSR count). The zero-order valence-electron chi connectivity index (χ0n) is 8.96. The van der Waals surface area contributed by atoms with Crippen LogP contribution in [0.15, 0.2) is 12.1 Å². The summed E-state index contributed by atoms with van der Waals surface area (Å²) >= 11 is 0. The van der Waals surface area contributed by atoms with E-state index in [1.165, 1.54) is 6.07 Å². The first-order chi connectivity index (χ1) is 7.00. The molecule has 1 aromatic carbocycles. The van der Waals surface area contributed by atoms with Gasteiger partial charge >= 0.3 is 0 Å². The molecule has 0 heterocycles. The van der Waals surface area contributed by atoms with Crippen molar-refractivity contribution in [2.45, 2.75) is 26.4 Å². The van der Waals surface area contributed by atoms with Crippen LogP contribution >= 0.6 is 0 Å². The lowest BCUT2D eigenvalue weighted by atomic mass is 10.2. The number of hydrogen-bond donors (Lipinski definition) is 2. The molecule has 0 aliphatic heterocycles. The van der Waals surface area contributed by atoms with E-state index in [-0.39, 0.29) is 12.4 Å². The van der Waals surface area contributed by atoms with E-state index in [1.54, 1.807) is 19.9 Å². The Hall–Kier alpha value is -1.29. The van der Waals surface area contributed by atoms with E-state index in [4.69, 9.17) is 15.6 Å². The molecule has 3 nitrogen and oxygen atoms in total. The van der Waals surface area contributed by atoms with Gasteiger partial charge in [0.15, 0.2) is 11.6 Å². The van der Waals surface area contributed by atoms with E-state index in [0.717, 1.165) is 5.56 Å². The van der Waals surface area contributed by atoms with Gasteiger partial charge in [-0.1, -0.05) is 0 Å². The molecule has 15 heavy (non-hydrogen) atoms. The highest BCUT2D eigenvalue weighted by Crippen LogP contribution is 2.23. The SMILES string of the molecule is Cc1cc(OCCC(C)O)c(F)cc1N. The number of ether oxygens (including phenoxy) is 1. The Morgan fingerprint density at radius 2 is 2.20 bits per heavy atom. The van der Waals surface area contributed by atoms with E-state index in [0.29, 0.717) is 12.1 Å². The minimum Gasteiger partial charge on any atom is -0.490 e. The monoisotopic (exact) mass is 213 g/mol. The number of anilines is 1. The van der Waals surface area contributed by atoms with E-state index >= 15 is 0 Å². The molecule has 0 radical (unpaired) electrons. The number of aliphatic hydroxyl groups excluding tert-OH is 1. The molecule has 0 aliphatic carbocycles. The topological polar surface area (TPSA) is 55.5 Å². The third kappa shape index (κ3) is 3.40. The zero-order chi connectivity index (χ0) is 11.4. The Bertz CT molecular complexity index is 340. The molecule has 0 amide bonds. The highest BCUT2D eigenvalue weighted by Gasteiger charge is 2.06. The maximum Gasteiger partial charge on any atom is 0.167 e. The molecule has 84 valence electrons. The van der Waals surface area contributed by atoms with Gasteiger partial charge < -0.3 is 15.6 Å². The number of hydrogen-bond acceptors (Lipinski definition) is 3. The summed E-state index contributed by atoms with van der Waals surface area (Å²) in [7, 11) is 0. The number of aryl methyl sites for hydroxylation is 1. The highest BCUT2D eigenvalue weighted by atomic mass is 19.1. The van der Waals surface area contributed by atoms with Gasteiger partial charge in [-0.2, -0.15) is 0 Å². The summed E-state index contributed by atoms with van der Waals surface area (Å²) in [5.74, 6) is -0.286. The Balaban J connectivity index is 2.65. The molecule has 0 saturated heterocycles. The van der Waals surface area contributed by atoms with Crippen LogP contribution in [0.1, 0.15) is 18.9 Å². The quantitative estimate of drug-likeness (QED) is 0.751. The molecule has 1 unspecified atom stereocenters. The van der Waals surface area contributed by atoms with Crippen LogP contribution in [0.2, 0.25) is 0 Å². The Morgan fingerprint density at radius 1 is 1.53 bits per heavy atom. The second-order valence-electron chi connectivity index (χ2n) is 3.63. The third-order valence-corrected chi connectivity index (χ3v) is 2.11. The molecule has 0 saturated carbocycles. The van der Waals surface area contributed by atoms with Crippen LogP contribution in [0.3, 0.4) is 0 Å². The Morgan fingerprint density at radius 3 is 2.80 bits per heavy atom. The fourth-order valence-electron chi connectivity index (χ4n) is 1.12. The summed E-state index contributed by atoms with van der Waals surface area (Å²) in [4.78, 5) is 0. The summed E-state index contributed by atoms with van der Waals surface area (Å²) in [5, 5.41) is 9.00. The second-order valence-corrected chi connectivity index (χ2v) is 3.63. The molecule has 0 fully saturated rings. The van der Waals surface area contributed by atoms with Crippen LogP contribution in [0.5, 0.6) is 5.75 Å². The van der Waals surface area contributed by atoms with Crippen molar-refractivity contribution in [2.75, 3.05) is 12.3 Å². The van der Waals surface area contributed by atoms with Crippen molar-refractivity contribution < 1.29 is 14.2 Å². The number of rotatable bonds is 4. The van der Waals surface area contributed by atoms with Gasteiger partial charge in [-0.3, -0.25) is 0 Å². The van der Waals surface area contributed by atoms with Gasteiger partial charge in [0.2, 0.25) is 0 Å². The fourth-order valence-corrected chi connectivity index (χ4v) is 1.12. The Labute approximate surface area is 88.7 Å². The minimum absolute atomic E-state index is 0.183. The molecule has 4 heteroatoms. The van der Waals surface area contributed by atoms with E-state index < -0.39 is 11.9 Å². The first-order valence-electron chi connectivity index (χ1n) is 4.87. The summed E-state index contributed by atoms with van der Waals surface area (Å²) in [6.45, 7) is 3.74. The number of benzene rings is 1. The van der Waals surface area contributed by atoms with Crippen molar-refractivity contribution in [1.29, 1.82) is 0 Å². The second kappa shape index (κ2) is 4.98. The first-order valence-corrected chi connectivity index (χ1v) is 4.87. The van der Waals surface area contributed by atoms with Crippen molar-refractivity contribution in [3.63, 3.8) is 0 Å². The lowest BCUT2D eigenvalue weighted by molar-refractivity contribution is 0.154.